The largest absolute Gasteiger partial charge is 0.507 e. The molecule has 6 rings (SSSR count). The molecule has 0 bridgehead atoms. The maximum Gasteiger partial charge on any atom is 0.128 e. The molecule has 4 aromatic carbocycles. The van der Waals surface area contributed by atoms with Crippen LogP contribution in [0.5, 0.6) is 5.75 Å². The molecule has 0 fully saturated rings. The molecule has 0 atom stereocenters. The highest BCUT2D eigenvalue weighted by molar-refractivity contribution is 7.21. The van der Waals surface area contributed by atoms with Gasteiger partial charge in [-0.1, -0.05) is 98.7 Å². The number of phenolic OH excluding ortho intramolecular Hbond substituents is 1. The van der Waals surface area contributed by atoms with Gasteiger partial charge >= 0.3 is 0 Å². The van der Waals surface area contributed by atoms with Gasteiger partial charge < -0.3 is 5.11 Å². The molecule has 0 aliphatic rings. The number of aliphatic imine (C=N–C) groups is 1. The number of phenols is 1. The summed E-state index contributed by atoms with van der Waals surface area (Å²) in [5, 5.41) is 14.6. The molecule has 0 aliphatic heterocycles. The lowest BCUT2D eigenvalue weighted by Crippen LogP contribution is -2.17. The minimum Gasteiger partial charge on any atom is -0.507 e. The van der Waals surface area contributed by atoms with Gasteiger partial charge in [-0.15, -0.1) is 11.3 Å². The van der Waals surface area contributed by atoms with Gasteiger partial charge in [0, 0.05) is 46.2 Å². The fourth-order valence-electron chi connectivity index (χ4n) is 5.79. The summed E-state index contributed by atoms with van der Waals surface area (Å²) < 4.78 is 1.14. The van der Waals surface area contributed by atoms with Crippen LogP contribution in [-0.4, -0.2) is 21.3 Å². The quantitative estimate of drug-likeness (QED) is 0.198. The van der Waals surface area contributed by atoms with Crippen LogP contribution in [0.15, 0.2) is 90.2 Å². The summed E-state index contributed by atoms with van der Waals surface area (Å²) >= 11 is 1.70. The van der Waals surface area contributed by atoms with E-state index in [0.29, 0.717) is 0 Å². The summed E-state index contributed by atoms with van der Waals surface area (Å²) in [6.07, 6.45) is 5.51. The van der Waals surface area contributed by atoms with Gasteiger partial charge in [0.2, 0.25) is 0 Å². The molecule has 4 nitrogen and oxygen atoms in total. The van der Waals surface area contributed by atoms with Crippen molar-refractivity contribution in [3.05, 3.63) is 107 Å². The maximum absolute atomic E-state index is 11.5. The van der Waals surface area contributed by atoms with E-state index in [0.717, 1.165) is 59.5 Å². The van der Waals surface area contributed by atoms with Crippen LogP contribution in [0.4, 0.5) is 5.69 Å². The third-order valence-corrected chi connectivity index (χ3v) is 9.67. The SMILES string of the molecule is CC(C)(C)c1cc(C=Nc2c(-c3nc4c(-c5ccncc5)cc(C(C)(C)C)cc4s3)ccc3ccccc23)c(O)c(C(C)(C)C)c1. The van der Waals surface area contributed by atoms with E-state index in [1.165, 1.54) is 11.1 Å². The molecule has 6 aromatic rings. The Hall–Kier alpha value is -4.35. The highest BCUT2D eigenvalue weighted by atomic mass is 32.1. The molecule has 234 valence electrons. The molecule has 2 heterocycles. The number of hydrogen-bond donors (Lipinski definition) is 1. The lowest BCUT2D eigenvalue weighted by molar-refractivity contribution is 0.444. The van der Waals surface area contributed by atoms with Crippen LogP contribution >= 0.6 is 11.3 Å². The van der Waals surface area contributed by atoms with Crippen LogP contribution in [0, 0.1) is 0 Å². The molecule has 46 heavy (non-hydrogen) atoms. The van der Waals surface area contributed by atoms with Crippen molar-refractivity contribution in [3.8, 4) is 27.4 Å². The first kappa shape index (κ1) is 31.6. The Morgan fingerprint density at radius 2 is 1.39 bits per heavy atom. The maximum atomic E-state index is 11.5. The summed E-state index contributed by atoms with van der Waals surface area (Å²) in [7, 11) is 0. The standard InChI is InChI=1S/C41H43N3OS/c1-39(2,3)28-20-27(37(45)33(22-28)41(7,8)9)24-43-35-30-13-11-10-12-25(30)14-15-31(35)38-44-36-32(26-16-18-42-19-17-26)21-29(40(4,5)6)23-34(36)46-38/h10-24,45H,1-9H3. The summed E-state index contributed by atoms with van der Waals surface area (Å²) in [5.41, 5.74) is 8.74. The minimum absolute atomic E-state index is 0.0198. The van der Waals surface area contributed by atoms with E-state index < -0.39 is 0 Å². The van der Waals surface area contributed by atoms with Crippen molar-refractivity contribution in [2.24, 2.45) is 4.99 Å². The van der Waals surface area contributed by atoms with Crippen LogP contribution < -0.4 is 0 Å². The van der Waals surface area contributed by atoms with Crippen LogP contribution in [-0.2, 0) is 16.2 Å². The van der Waals surface area contributed by atoms with Crippen molar-refractivity contribution >= 4 is 44.2 Å². The Morgan fingerprint density at radius 3 is 2.07 bits per heavy atom. The van der Waals surface area contributed by atoms with Gasteiger partial charge in [-0.3, -0.25) is 9.98 Å². The Morgan fingerprint density at radius 1 is 0.717 bits per heavy atom. The molecule has 0 saturated heterocycles. The number of aromatic nitrogens is 2. The van der Waals surface area contributed by atoms with Gasteiger partial charge in [-0.2, -0.15) is 0 Å². The number of benzene rings is 4. The second-order valence-electron chi connectivity index (χ2n) is 15.3. The first-order chi connectivity index (χ1) is 21.6. The van der Waals surface area contributed by atoms with Crippen molar-refractivity contribution in [1.29, 1.82) is 0 Å². The zero-order chi connectivity index (χ0) is 33.0. The zero-order valence-electron chi connectivity index (χ0n) is 28.4. The minimum atomic E-state index is -0.224. The average molecular weight is 626 g/mol. The van der Waals surface area contributed by atoms with Crippen molar-refractivity contribution in [2.45, 2.75) is 78.6 Å². The number of hydrogen-bond acceptors (Lipinski definition) is 5. The molecule has 0 unspecified atom stereocenters. The molecule has 0 saturated carbocycles. The normalized spacial score (nSPS) is 12.9. The van der Waals surface area contributed by atoms with E-state index in [9.17, 15) is 5.11 Å². The second-order valence-corrected chi connectivity index (χ2v) is 16.3. The van der Waals surface area contributed by atoms with Crippen molar-refractivity contribution in [3.63, 3.8) is 0 Å². The van der Waals surface area contributed by atoms with Gasteiger partial charge in [0.1, 0.15) is 10.8 Å². The molecule has 0 aliphatic carbocycles. The molecular formula is C41H43N3OS. The molecule has 0 amide bonds. The highest BCUT2D eigenvalue weighted by Crippen LogP contribution is 2.44. The van der Waals surface area contributed by atoms with Crippen molar-refractivity contribution in [2.75, 3.05) is 0 Å². The lowest BCUT2D eigenvalue weighted by Gasteiger charge is -2.27. The highest BCUT2D eigenvalue weighted by Gasteiger charge is 2.25. The second kappa shape index (κ2) is 11.5. The van der Waals surface area contributed by atoms with Gasteiger partial charge in [-0.05, 0) is 74.7 Å². The predicted octanol–water partition coefficient (Wildman–Crippen LogP) is 11.5. The topological polar surface area (TPSA) is 58.4 Å². The predicted molar refractivity (Wildman–Crippen MR) is 197 cm³/mol. The molecular weight excluding hydrogens is 583 g/mol. The number of nitrogens with zero attached hydrogens (tertiary/aromatic N) is 3. The third-order valence-electron chi connectivity index (χ3n) is 8.63. The van der Waals surface area contributed by atoms with E-state index in [-0.39, 0.29) is 22.0 Å². The summed E-state index contributed by atoms with van der Waals surface area (Å²) in [5.74, 6) is 0.280. The van der Waals surface area contributed by atoms with Gasteiger partial charge in [-0.25, -0.2) is 4.98 Å². The number of rotatable bonds is 4. The fourth-order valence-corrected chi connectivity index (χ4v) is 6.85. The van der Waals surface area contributed by atoms with Gasteiger partial charge in [0.15, 0.2) is 0 Å². The van der Waals surface area contributed by atoms with Gasteiger partial charge in [0.25, 0.3) is 0 Å². The summed E-state index contributed by atoms with van der Waals surface area (Å²) in [6, 6.07) is 25.5. The molecule has 5 heteroatoms. The fraction of sp³-hybridized carbons (Fsp3) is 0.293. The van der Waals surface area contributed by atoms with Crippen LogP contribution in [0.1, 0.15) is 84.6 Å². The average Bonchev–Trinajstić information content (AvgIpc) is 3.43. The lowest BCUT2D eigenvalue weighted by atomic mass is 9.79. The Labute approximate surface area is 276 Å². The molecule has 2 aromatic heterocycles. The van der Waals surface area contributed by atoms with E-state index in [2.05, 4.69) is 140 Å². The number of fused-ring (bicyclic) bond motifs is 2. The number of thiazole rings is 1. The van der Waals surface area contributed by atoms with Crippen LogP contribution in [0.2, 0.25) is 0 Å². The summed E-state index contributed by atoms with van der Waals surface area (Å²) in [4.78, 5) is 14.7. The van der Waals surface area contributed by atoms with Crippen LogP contribution in [0.3, 0.4) is 0 Å². The molecule has 0 radical (unpaired) electrons. The van der Waals surface area contributed by atoms with Crippen molar-refractivity contribution in [1.82, 2.24) is 9.97 Å². The number of pyridine rings is 1. The Kier molecular flexibility index (Phi) is 7.88. The first-order valence-electron chi connectivity index (χ1n) is 15.9. The summed E-state index contributed by atoms with van der Waals surface area (Å²) in [6.45, 7) is 19.8. The van der Waals surface area contributed by atoms with E-state index >= 15 is 0 Å². The first-order valence-corrected chi connectivity index (χ1v) is 16.7. The van der Waals surface area contributed by atoms with E-state index in [1.54, 1.807) is 11.3 Å². The van der Waals surface area contributed by atoms with E-state index in [1.807, 2.05) is 18.6 Å². The van der Waals surface area contributed by atoms with Gasteiger partial charge in [0.05, 0.1) is 15.9 Å². The molecule has 0 spiro atoms. The Balaban J connectivity index is 1.58. The number of aromatic hydroxyl groups is 1. The zero-order valence-corrected chi connectivity index (χ0v) is 29.2. The van der Waals surface area contributed by atoms with E-state index in [4.69, 9.17) is 9.98 Å². The smallest absolute Gasteiger partial charge is 0.128 e. The third kappa shape index (κ3) is 6.09. The molecule has 1 N–H and O–H groups in total. The van der Waals surface area contributed by atoms with Crippen molar-refractivity contribution < 1.29 is 5.11 Å². The Bertz CT molecular complexity index is 2100. The van der Waals surface area contributed by atoms with Crippen LogP contribution in [0.25, 0.3) is 42.7 Å². The monoisotopic (exact) mass is 625 g/mol.